The Labute approximate surface area is 109 Å². The SMILES string of the molecule is COC(=O)C(=O)Cc1ccc(I)cc1Br. The highest BCUT2D eigenvalue weighted by molar-refractivity contribution is 14.1. The number of Topliss-reactive ketones (excluding diaryl/α,β-unsaturated/α-hetero) is 1. The van der Waals surface area contributed by atoms with Crippen LogP contribution in [0.15, 0.2) is 22.7 Å². The zero-order valence-electron chi connectivity index (χ0n) is 7.92. The summed E-state index contributed by atoms with van der Waals surface area (Å²) < 4.78 is 6.23. The maximum absolute atomic E-state index is 11.3. The quantitative estimate of drug-likeness (QED) is 0.458. The van der Waals surface area contributed by atoms with Gasteiger partial charge in [-0.2, -0.15) is 0 Å². The molecule has 0 saturated heterocycles. The second kappa shape index (κ2) is 5.60. The number of esters is 1. The second-order valence-corrected chi connectivity index (χ2v) is 4.93. The Morgan fingerprint density at radius 1 is 1.47 bits per heavy atom. The lowest BCUT2D eigenvalue weighted by Gasteiger charge is -2.03. The molecule has 1 aromatic rings. The zero-order valence-corrected chi connectivity index (χ0v) is 11.7. The molecule has 0 heterocycles. The number of carbonyl (C=O) groups excluding carboxylic acids is 2. The Balaban J connectivity index is 2.81. The van der Waals surface area contributed by atoms with Gasteiger partial charge in [0.15, 0.2) is 0 Å². The van der Waals surface area contributed by atoms with Crippen LogP contribution in [0.25, 0.3) is 0 Å². The summed E-state index contributed by atoms with van der Waals surface area (Å²) in [5.41, 5.74) is 0.783. The molecule has 0 aliphatic rings. The van der Waals surface area contributed by atoms with E-state index in [0.717, 1.165) is 13.6 Å². The van der Waals surface area contributed by atoms with Crippen molar-refractivity contribution in [1.29, 1.82) is 0 Å². The van der Waals surface area contributed by atoms with E-state index in [1.807, 2.05) is 18.2 Å². The van der Waals surface area contributed by atoms with E-state index in [1.54, 1.807) is 0 Å². The molecule has 0 aliphatic carbocycles. The van der Waals surface area contributed by atoms with Crippen LogP contribution in [0.3, 0.4) is 0 Å². The summed E-state index contributed by atoms with van der Waals surface area (Å²) >= 11 is 5.51. The van der Waals surface area contributed by atoms with E-state index in [1.165, 1.54) is 7.11 Å². The standard InChI is InChI=1S/C10H8BrIO3/c1-15-10(14)9(13)4-6-2-3-7(12)5-8(6)11/h2-3,5H,4H2,1H3. The number of methoxy groups -OCH3 is 1. The van der Waals surface area contributed by atoms with Crippen molar-refractivity contribution in [2.75, 3.05) is 7.11 Å². The monoisotopic (exact) mass is 382 g/mol. The van der Waals surface area contributed by atoms with Crippen LogP contribution in [0.5, 0.6) is 0 Å². The molecule has 5 heteroatoms. The van der Waals surface area contributed by atoms with Crippen molar-refractivity contribution in [2.24, 2.45) is 0 Å². The van der Waals surface area contributed by atoms with Gasteiger partial charge in [-0.1, -0.05) is 22.0 Å². The Kier molecular flexibility index (Phi) is 4.72. The van der Waals surface area contributed by atoms with E-state index in [0.29, 0.717) is 0 Å². The third-order valence-electron chi connectivity index (χ3n) is 1.78. The smallest absolute Gasteiger partial charge is 0.374 e. The molecule has 0 fully saturated rings. The number of ether oxygens (including phenoxy) is 1. The molecule has 0 spiro atoms. The molecule has 1 aromatic carbocycles. The average molecular weight is 383 g/mol. The van der Waals surface area contributed by atoms with Gasteiger partial charge in [0, 0.05) is 14.5 Å². The number of rotatable bonds is 3. The lowest BCUT2D eigenvalue weighted by Crippen LogP contribution is -2.17. The van der Waals surface area contributed by atoms with E-state index < -0.39 is 11.8 Å². The molecule has 0 N–H and O–H groups in total. The van der Waals surface area contributed by atoms with Crippen LogP contribution in [0.1, 0.15) is 5.56 Å². The summed E-state index contributed by atoms with van der Waals surface area (Å²) in [6.07, 6.45) is 0.0597. The first-order valence-electron chi connectivity index (χ1n) is 4.09. The molecule has 15 heavy (non-hydrogen) atoms. The molecule has 0 unspecified atom stereocenters. The van der Waals surface area contributed by atoms with Crippen LogP contribution < -0.4 is 0 Å². The highest BCUT2D eigenvalue weighted by Gasteiger charge is 2.15. The van der Waals surface area contributed by atoms with Crippen LogP contribution in [-0.4, -0.2) is 18.9 Å². The summed E-state index contributed by atoms with van der Waals surface area (Å²) in [5.74, 6) is -1.35. The van der Waals surface area contributed by atoms with Gasteiger partial charge in [-0.25, -0.2) is 4.79 Å². The van der Waals surface area contributed by atoms with Gasteiger partial charge in [-0.3, -0.25) is 4.79 Å². The predicted octanol–water partition coefficient (Wildman–Crippen LogP) is 2.34. The summed E-state index contributed by atoms with van der Waals surface area (Å²) in [5, 5.41) is 0. The fourth-order valence-corrected chi connectivity index (χ4v) is 2.46. The predicted molar refractivity (Wildman–Crippen MR) is 67.6 cm³/mol. The molecule has 80 valence electrons. The molecule has 0 aliphatic heterocycles. The van der Waals surface area contributed by atoms with Gasteiger partial charge in [0.1, 0.15) is 0 Å². The minimum absolute atomic E-state index is 0.0597. The van der Waals surface area contributed by atoms with Gasteiger partial charge in [0.25, 0.3) is 0 Å². The molecular weight excluding hydrogens is 375 g/mol. The minimum Gasteiger partial charge on any atom is -0.463 e. The van der Waals surface area contributed by atoms with E-state index in [2.05, 4.69) is 43.3 Å². The first-order chi connectivity index (χ1) is 7.04. The van der Waals surface area contributed by atoms with Gasteiger partial charge < -0.3 is 4.74 Å². The third kappa shape index (κ3) is 3.57. The molecule has 0 aromatic heterocycles. The molecule has 0 atom stereocenters. The van der Waals surface area contributed by atoms with E-state index in [-0.39, 0.29) is 6.42 Å². The van der Waals surface area contributed by atoms with E-state index >= 15 is 0 Å². The lowest BCUT2D eigenvalue weighted by atomic mass is 10.1. The Morgan fingerprint density at radius 2 is 2.13 bits per heavy atom. The number of hydrogen-bond donors (Lipinski definition) is 0. The van der Waals surface area contributed by atoms with Gasteiger partial charge in [0.05, 0.1) is 7.11 Å². The highest BCUT2D eigenvalue weighted by Crippen LogP contribution is 2.20. The lowest BCUT2D eigenvalue weighted by molar-refractivity contribution is -0.151. The fourth-order valence-electron chi connectivity index (χ4n) is 1.02. The zero-order chi connectivity index (χ0) is 11.4. The van der Waals surface area contributed by atoms with E-state index in [4.69, 9.17) is 0 Å². The molecule has 0 saturated carbocycles. The van der Waals surface area contributed by atoms with E-state index in [9.17, 15) is 9.59 Å². The molecule has 3 nitrogen and oxygen atoms in total. The summed E-state index contributed by atoms with van der Waals surface area (Å²) in [6, 6.07) is 5.58. The Bertz CT molecular complexity index is 404. The third-order valence-corrected chi connectivity index (χ3v) is 3.19. The number of benzene rings is 1. The topological polar surface area (TPSA) is 43.4 Å². The van der Waals surface area contributed by atoms with Crippen LogP contribution in [0.4, 0.5) is 0 Å². The maximum Gasteiger partial charge on any atom is 0.374 e. The number of ketones is 1. The van der Waals surface area contributed by atoms with Crippen LogP contribution >= 0.6 is 38.5 Å². The van der Waals surface area contributed by atoms with Crippen LogP contribution in [-0.2, 0) is 20.7 Å². The summed E-state index contributed by atoms with van der Waals surface area (Å²) in [4.78, 5) is 22.2. The fraction of sp³-hybridized carbons (Fsp3) is 0.200. The van der Waals surface area contributed by atoms with Crippen molar-refractivity contribution in [3.05, 3.63) is 31.8 Å². The van der Waals surface area contributed by atoms with Gasteiger partial charge in [-0.05, 0) is 40.3 Å². The number of hydrogen-bond acceptors (Lipinski definition) is 3. The molecule has 0 bridgehead atoms. The summed E-state index contributed by atoms with van der Waals surface area (Å²) in [6.45, 7) is 0. The molecule has 1 rings (SSSR count). The normalized spacial score (nSPS) is 9.80. The molecule has 0 amide bonds. The van der Waals surface area contributed by atoms with Gasteiger partial charge in [0.2, 0.25) is 5.78 Å². The van der Waals surface area contributed by atoms with Crippen molar-refractivity contribution in [3.63, 3.8) is 0 Å². The van der Waals surface area contributed by atoms with Crippen molar-refractivity contribution in [1.82, 2.24) is 0 Å². The first kappa shape index (κ1) is 12.6. The first-order valence-corrected chi connectivity index (χ1v) is 5.97. The van der Waals surface area contributed by atoms with Crippen molar-refractivity contribution in [3.8, 4) is 0 Å². The van der Waals surface area contributed by atoms with Crippen molar-refractivity contribution >= 4 is 50.3 Å². The number of carbonyl (C=O) groups is 2. The highest BCUT2D eigenvalue weighted by atomic mass is 127. The largest absolute Gasteiger partial charge is 0.463 e. The minimum atomic E-state index is -0.805. The average Bonchev–Trinajstić information content (AvgIpc) is 2.20. The maximum atomic E-state index is 11.3. The Morgan fingerprint density at radius 3 is 2.67 bits per heavy atom. The van der Waals surface area contributed by atoms with Crippen LogP contribution in [0, 0.1) is 3.57 Å². The summed E-state index contributed by atoms with van der Waals surface area (Å²) in [7, 11) is 1.20. The van der Waals surface area contributed by atoms with Crippen molar-refractivity contribution in [2.45, 2.75) is 6.42 Å². The molecular formula is C10H8BrIO3. The van der Waals surface area contributed by atoms with Gasteiger partial charge in [-0.15, -0.1) is 0 Å². The van der Waals surface area contributed by atoms with Gasteiger partial charge >= 0.3 is 5.97 Å². The number of halogens is 2. The van der Waals surface area contributed by atoms with Crippen LogP contribution in [0.2, 0.25) is 0 Å². The second-order valence-electron chi connectivity index (χ2n) is 2.83. The Hall–Kier alpha value is -0.430. The molecule has 0 radical (unpaired) electrons. The van der Waals surface area contributed by atoms with Crippen molar-refractivity contribution < 1.29 is 14.3 Å².